The molecule has 0 fully saturated rings. The number of amides is 1. The van der Waals surface area contributed by atoms with Crippen LogP contribution in [0.1, 0.15) is 444 Å². The van der Waals surface area contributed by atoms with Crippen molar-refractivity contribution in [1.82, 2.24) is 5.32 Å². The van der Waals surface area contributed by atoms with E-state index in [0.717, 1.165) is 32.1 Å². The van der Waals surface area contributed by atoms with Gasteiger partial charge in [0.2, 0.25) is 5.91 Å². The van der Waals surface area contributed by atoms with Gasteiger partial charge in [-0.15, -0.1) is 0 Å². The number of carbonyl (C=O) groups excluding carboxylic acids is 1. The van der Waals surface area contributed by atoms with Crippen molar-refractivity contribution in [3.05, 3.63) is 24.3 Å². The van der Waals surface area contributed by atoms with Crippen LogP contribution in [-0.2, 0) is 4.79 Å². The predicted octanol–water partition coefficient (Wildman–Crippen LogP) is 26.1. The summed E-state index contributed by atoms with van der Waals surface area (Å²) in [6.45, 7) is 4.36. The summed E-state index contributed by atoms with van der Waals surface area (Å²) in [6, 6.07) is -0.638. The fourth-order valence-corrected chi connectivity index (χ4v) is 12.4. The zero-order chi connectivity index (χ0) is 58.4. The average Bonchev–Trinajstić information content (AvgIpc) is 3.47. The molecule has 0 heterocycles. The summed E-state index contributed by atoms with van der Waals surface area (Å²) in [7, 11) is 0. The first-order valence-electron chi connectivity index (χ1n) is 38.1. The molecule has 0 aromatic carbocycles. The molecule has 0 bridgehead atoms. The van der Waals surface area contributed by atoms with Crippen LogP contribution in [0.15, 0.2) is 24.3 Å². The number of hydrogen-bond donors (Lipinski definition) is 3. The highest BCUT2D eigenvalue weighted by Crippen LogP contribution is 2.20. The van der Waals surface area contributed by atoms with Gasteiger partial charge in [0.25, 0.3) is 0 Å². The quantitative estimate of drug-likeness (QED) is 0.0420. The highest BCUT2D eigenvalue weighted by atomic mass is 16.3. The maximum atomic E-state index is 12.5. The minimum Gasteiger partial charge on any atom is -0.394 e. The monoisotopic (exact) mass is 1140 g/mol. The fraction of sp³-hybridized carbons (Fsp3) is 0.935. The highest BCUT2D eigenvalue weighted by molar-refractivity contribution is 5.76. The lowest BCUT2D eigenvalue weighted by atomic mass is 10.0. The Morgan fingerprint density at radius 2 is 0.481 bits per heavy atom. The third-order valence-electron chi connectivity index (χ3n) is 18.2. The standard InChI is InChI=1S/C77H151NO3/c1-3-5-7-9-11-13-15-17-19-21-23-25-27-29-31-33-34-35-36-37-38-39-40-41-42-43-44-45-47-49-51-53-55-57-59-61-63-65-67-69-71-73-77(81)78-75(74-79)76(80)72-70-68-66-64-62-60-58-56-54-52-50-48-46-32-30-28-26-24-22-20-18-16-14-12-10-8-6-4-2/h62,64,70,72,75-76,79-80H,3-61,63,65-69,71,73-74H2,1-2H3,(H,78,81)/b64-62+,72-70+. The maximum absolute atomic E-state index is 12.5. The lowest BCUT2D eigenvalue weighted by Crippen LogP contribution is -2.45. The number of aliphatic hydroxyl groups is 2. The van der Waals surface area contributed by atoms with Gasteiger partial charge < -0.3 is 15.5 Å². The maximum Gasteiger partial charge on any atom is 0.220 e. The van der Waals surface area contributed by atoms with Crippen molar-refractivity contribution in [2.45, 2.75) is 456 Å². The second kappa shape index (κ2) is 73.1. The second-order valence-electron chi connectivity index (χ2n) is 26.4. The minimum absolute atomic E-state index is 0.0633. The van der Waals surface area contributed by atoms with Crippen molar-refractivity contribution in [3.63, 3.8) is 0 Å². The van der Waals surface area contributed by atoms with E-state index >= 15 is 0 Å². The van der Waals surface area contributed by atoms with Gasteiger partial charge in [-0.05, 0) is 32.1 Å². The topological polar surface area (TPSA) is 69.6 Å². The molecule has 1 amide bonds. The number of hydrogen-bond acceptors (Lipinski definition) is 3. The Morgan fingerprint density at radius 3 is 0.716 bits per heavy atom. The van der Waals surface area contributed by atoms with E-state index < -0.39 is 12.1 Å². The van der Waals surface area contributed by atoms with E-state index in [4.69, 9.17) is 0 Å². The van der Waals surface area contributed by atoms with Gasteiger partial charge >= 0.3 is 0 Å². The smallest absolute Gasteiger partial charge is 0.220 e. The van der Waals surface area contributed by atoms with E-state index in [0.29, 0.717) is 6.42 Å². The van der Waals surface area contributed by atoms with Crippen LogP contribution < -0.4 is 5.32 Å². The lowest BCUT2D eigenvalue weighted by Gasteiger charge is -2.19. The van der Waals surface area contributed by atoms with E-state index in [1.54, 1.807) is 6.08 Å². The molecule has 0 aliphatic carbocycles. The highest BCUT2D eigenvalue weighted by Gasteiger charge is 2.18. The number of unbranched alkanes of at least 4 members (excludes halogenated alkanes) is 63. The molecule has 0 aliphatic heterocycles. The van der Waals surface area contributed by atoms with Gasteiger partial charge in [-0.1, -0.05) is 430 Å². The third-order valence-corrected chi connectivity index (χ3v) is 18.2. The largest absolute Gasteiger partial charge is 0.394 e. The zero-order valence-corrected chi connectivity index (χ0v) is 55.9. The Labute approximate surface area is 510 Å². The van der Waals surface area contributed by atoms with Crippen molar-refractivity contribution < 1.29 is 15.0 Å². The molecule has 4 heteroatoms. The first-order chi connectivity index (χ1) is 40.2. The summed E-state index contributed by atoms with van der Waals surface area (Å²) in [4.78, 5) is 12.5. The van der Waals surface area contributed by atoms with Crippen LogP contribution in [0.3, 0.4) is 0 Å². The van der Waals surface area contributed by atoms with Crippen molar-refractivity contribution >= 4 is 5.91 Å². The molecule has 0 aromatic heterocycles. The van der Waals surface area contributed by atoms with Crippen molar-refractivity contribution in [2.24, 2.45) is 0 Å². The first kappa shape index (κ1) is 79.9. The van der Waals surface area contributed by atoms with Gasteiger partial charge in [-0.3, -0.25) is 4.79 Å². The summed E-state index contributed by atoms with van der Waals surface area (Å²) < 4.78 is 0. The van der Waals surface area contributed by atoms with Crippen LogP contribution in [0, 0.1) is 0 Å². The molecule has 482 valence electrons. The van der Waals surface area contributed by atoms with Crippen LogP contribution in [0.2, 0.25) is 0 Å². The van der Waals surface area contributed by atoms with Crippen LogP contribution >= 0.6 is 0 Å². The summed E-state index contributed by atoms with van der Waals surface area (Å²) in [5.74, 6) is -0.0633. The Balaban J connectivity index is 3.38. The molecule has 81 heavy (non-hydrogen) atoms. The fourth-order valence-electron chi connectivity index (χ4n) is 12.4. The molecule has 2 unspecified atom stereocenters. The van der Waals surface area contributed by atoms with E-state index in [-0.39, 0.29) is 12.5 Å². The van der Waals surface area contributed by atoms with Gasteiger partial charge in [-0.2, -0.15) is 0 Å². The van der Waals surface area contributed by atoms with E-state index in [9.17, 15) is 15.0 Å². The van der Waals surface area contributed by atoms with Gasteiger partial charge in [-0.25, -0.2) is 0 Å². The van der Waals surface area contributed by atoms with Crippen molar-refractivity contribution in [3.8, 4) is 0 Å². The second-order valence-corrected chi connectivity index (χ2v) is 26.4. The molecule has 0 saturated heterocycles. The molecule has 3 N–H and O–H groups in total. The number of rotatable bonds is 72. The van der Waals surface area contributed by atoms with Gasteiger partial charge in [0, 0.05) is 6.42 Å². The number of aliphatic hydroxyl groups excluding tert-OH is 2. The van der Waals surface area contributed by atoms with Crippen LogP contribution in [0.4, 0.5) is 0 Å². The van der Waals surface area contributed by atoms with Crippen molar-refractivity contribution in [2.75, 3.05) is 6.61 Å². The normalized spacial score (nSPS) is 12.7. The zero-order valence-electron chi connectivity index (χ0n) is 55.9. The average molecular weight is 1140 g/mol. The number of carbonyl (C=O) groups is 1. The summed E-state index contributed by atoms with van der Waals surface area (Å²) in [6.07, 6.45) is 100. The van der Waals surface area contributed by atoms with Gasteiger partial charge in [0.15, 0.2) is 0 Å². The Hall–Kier alpha value is -1.13. The molecule has 2 atom stereocenters. The number of allylic oxidation sites excluding steroid dienone is 3. The third kappa shape index (κ3) is 69.5. The van der Waals surface area contributed by atoms with Crippen molar-refractivity contribution in [1.29, 1.82) is 0 Å². The molecule has 0 aromatic rings. The summed E-state index contributed by atoms with van der Waals surface area (Å²) in [5, 5.41) is 23.3. The Kier molecular flexibility index (Phi) is 72.1. The summed E-state index contributed by atoms with van der Waals surface area (Å²) in [5.41, 5.74) is 0. The molecule has 0 spiro atoms. The van der Waals surface area contributed by atoms with Gasteiger partial charge in [0.1, 0.15) is 0 Å². The van der Waals surface area contributed by atoms with Crippen LogP contribution in [0.5, 0.6) is 0 Å². The molecule has 0 radical (unpaired) electrons. The molecule has 0 rings (SSSR count). The van der Waals surface area contributed by atoms with Crippen LogP contribution in [-0.4, -0.2) is 34.9 Å². The molecular formula is C77H151NO3. The lowest BCUT2D eigenvalue weighted by molar-refractivity contribution is -0.123. The molecule has 4 nitrogen and oxygen atoms in total. The van der Waals surface area contributed by atoms with Crippen LogP contribution in [0.25, 0.3) is 0 Å². The number of nitrogens with one attached hydrogen (secondary N) is 1. The SMILES string of the molecule is CCCCCCCCCCCCCCCCCCCCCCCC/C=C/CC/C=C/C(O)C(CO)NC(=O)CCCCCCCCCCCCCCCCCCCCCCCCCCCCCCCCCCCCCCCCCCC. The molecule has 0 saturated carbocycles. The van der Waals surface area contributed by atoms with E-state index in [2.05, 4.69) is 31.3 Å². The Bertz CT molecular complexity index is 1200. The minimum atomic E-state index is -0.862. The predicted molar refractivity (Wildman–Crippen MR) is 364 cm³/mol. The molecule has 0 aliphatic rings. The van der Waals surface area contributed by atoms with E-state index in [1.165, 1.54) is 392 Å². The summed E-state index contributed by atoms with van der Waals surface area (Å²) >= 11 is 0. The van der Waals surface area contributed by atoms with Gasteiger partial charge in [0.05, 0.1) is 18.8 Å². The first-order valence-corrected chi connectivity index (χ1v) is 38.1. The van der Waals surface area contributed by atoms with E-state index in [1.807, 2.05) is 6.08 Å². The molecular weight excluding hydrogens is 987 g/mol. The Morgan fingerprint density at radius 1 is 0.284 bits per heavy atom.